The zero-order valence-corrected chi connectivity index (χ0v) is 11.9. The van der Waals surface area contributed by atoms with Gasteiger partial charge in [0.05, 0.1) is 0 Å². The summed E-state index contributed by atoms with van der Waals surface area (Å²) >= 11 is 0. The molecule has 1 aliphatic carbocycles. The van der Waals surface area contributed by atoms with Gasteiger partial charge < -0.3 is 9.73 Å². The van der Waals surface area contributed by atoms with E-state index in [2.05, 4.69) is 5.32 Å². The molecule has 1 amide bonds. The van der Waals surface area contributed by atoms with E-state index in [1.54, 1.807) is 18.2 Å². The van der Waals surface area contributed by atoms with Crippen LogP contribution in [0.25, 0.3) is 11.0 Å². The maximum Gasteiger partial charge on any atom is 0.349 e. The van der Waals surface area contributed by atoms with Crippen LogP contribution in [0, 0.1) is 5.92 Å². The van der Waals surface area contributed by atoms with Crippen molar-refractivity contribution in [2.24, 2.45) is 5.92 Å². The molecule has 0 atom stereocenters. The standard InChI is InChI=1S/C17H19NO3/c19-16(18-11-12-6-2-1-3-7-12)14-10-13-8-4-5-9-15(13)21-17(14)20/h4-5,8-10,12H,1-3,6-7,11H2,(H,18,19). The second-order valence-corrected chi connectivity index (χ2v) is 5.70. The van der Waals surface area contributed by atoms with Crippen molar-refractivity contribution in [1.29, 1.82) is 0 Å². The fourth-order valence-electron chi connectivity index (χ4n) is 2.94. The highest BCUT2D eigenvalue weighted by atomic mass is 16.4. The van der Waals surface area contributed by atoms with Gasteiger partial charge in [0.25, 0.3) is 5.91 Å². The first-order valence-electron chi connectivity index (χ1n) is 7.55. The summed E-state index contributed by atoms with van der Waals surface area (Å²) in [5.74, 6) is 0.204. The van der Waals surface area contributed by atoms with Crippen LogP contribution in [0.3, 0.4) is 0 Å². The molecule has 3 rings (SSSR count). The van der Waals surface area contributed by atoms with E-state index in [-0.39, 0.29) is 11.5 Å². The van der Waals surface area contributed by atoms with Gasteiger partial charge in [-0.05, 0) is 30.9 Å². The molecule has 1 heterocycles. The molecule has 4 nitrogen and oxygen atoms in total. The third kappa shape index (κ3) is 3.15. The number of carbonyl (C=O) groups excluding carboxylic acids is 1. The van der Waals surface area contributed by atoms with Crippen LogP contribution in [-0.2, 0) is 0 Å². The highest BCUT2D eigenvalue weighted by Gasteiger charge is 2.17. The van der Waals surface area contributed by atoms with Crippen LogP contribution < -0.4 is 10.9 Å². The number of rotatable bonds is 3. The van der Waals surface area contributed by atoms with Gasteiger partial charge >= 0.3 is 5.63 Å². The molecule has 2 aromatic rings. The predicted octanol–water partition coefficient (Wildman–Crippen LogP) is 3.10. The molecule has 1 aliphatic rings. The monoisotopic (exact) mass is 285 g/mol. The summed E-state index contributed by atoms with van der Waals surface area (Å²) in [7, 11) is 0. The Morgan fingerprint density at radius 1 is 1.19 bits per heavy atom. The lowest BCUT2D eigenvalue weighted by molar-refractivity contribution is 0.0940. The number of benzene rings is 1. The highest BCUT2D eigenvalue weighted by Crippen LogP contribution is 2.22. The quantitative estimate of drug-likeness (QED) is 0.881. The summed E-state index contributed by atoms with van der Waals surface area (Å²) in [6.07, 6.45) is 6.08. The summed E-state index contributed by atoms with van der Waals surface area (Å²) in [5.41, 5.74) is 0.0192. The fraction of sp³-hybridized carbons (Fsp3) is 0.412. The molecule has 0 aliphatic heterocycles. The van der Waals surface area contributed by atoms with Crippen LogP contribution in [0.2, 0.25) is 0 Å². The minimum Gasteiger partial charge on any atom is -0.422 e. The first kappa shape index (κ1) is 13.9. The fourth-order valence-corrected chi connectivity index (χ4v) is 2.94. The van der Waals surface area contributed by atoms with Crippen molar-refractivity contribution in [2.45, 2.75) is 32.1 Å². The molecule has 0 unspecified atom stereocenters. The van der Waals surface area contributed by atoms with Gasteiger partial charge in [-0.15, -0.1) is 0 Å². The second kappa shape index (κ2) is 6.12. The van der Waals surface area contributed by atoms with Gasteiger partial charge in [0.1, 0.15) is 11.1 Å². The molecule has 0 radical (unpaired) electrons. The normalized spacial score (nSPS) is 16.0. The Kier molecular flexibility index (Phi) is 4.04. The number of hydrogen-bond acceptors (Lipinski definition) is 3. The van der Waals surface area contributed by atoms with E-state index < -0.39 is 5.63 Å². The van der Waals surface area contributed by atoms with E-state index in [0.717, 1.165) is 18.2 Å². The largest absolute Gasteiger partial charge is 0.422 e. The molecule has 0 saturated heterocycles. The van der Waals surface area contributed by atoms with Crippen LogP contribution in [0.5, 0.6) is 0 Å². The molecule has 0 bridgehead atoms. The van der Waals surface area contributed by atoms with Gasteiger partial charge in [-0.2, -0.15) is 0 Å². The zero-order chi connectivity index (χ0) is 14.7. The molecule has 0 spiro atoms. The molecular formula is C17H19NO3. The van der Waals surface area contributed by atoms with E-state index in [9.17, 15) is 9.59 Å². The number of carbonyl (C=O) groups is 1. The van der Waals surface area contributed by atoms with Crippen molar-refractivity contribution in [2.75, 3.05) is 6.54 Å². The molecule has 1 saturated carbocycles. The maximum atomic E-state index is 12.2. The molecular weight excluding hydrogens is 266 g/mol. The summed E-state index contributed by atoms with van der Waals surface area (Å²) < 4.78 is 5.19. The van der Waals surface area contributed by atoms with Crippen LogP contribution >= 0.6 is 0 Å². The maximum absolute atomic E-state index is 12.2. The lowest BCUT2D eigenvalue weighted by atomic mass is 9.89. The summed E-state index contributed by atoms with van der Waals surface area (Å²) in [4.78, 5) is 24.1. The van der Waals surface area contributed by atoms with Gasteiger partial charge in [0.2, 0.25) is 0 Å². The van der Waals surface area contributed by atoms with Crippen LogP contribution in [0.1, 0.15) is 42.5 Å². The van der Waals surface area contributed by atoms with Crippen molar-refractivity contribution in [3.05, 3.63) is 46.3 Å². The van der Waals surface area contributed by atoms with Crippen molar-refractivity contribution >= 4 is 16.9 Å². The SMILES string of the molecule is O=C(NCC1CCCCC1)c1cc2ccccc2oc1=O. The van der Waals surface area contributed by atoms with Gasteiger partial charge in [-0.25, -0.2) is 4.79 Å². The highest BCUT2D eigenvalue weighted by molar-refractivity contribution is 5.96. The Morgan fingerprint density at radius 3 is 2.76 bits per heavy atom. The minimum absolute atomic E-state index is 0.0875. The second-order valence-electron chi connectivity index (χ2n) is 5.70. The van der Waals surface area contributed by atoms with E-state index in [4.69, 9.17) is 4.42 Å². The van der Waals surface area contributed by atoms with Crippen molar-refractivity contribution in [1.82, 2.24) is 5.32 Å². The first-order chi connectivity index (χ1) is 10.2. The smallest absolute Gasteiger partial charge is 0.349 e. The molecule has 110 valence electrons. The third-order valence-electron chi connectivity index (χ3n) is 4.16. The van der Waals surface area contributed by atoms with E-state index in [1.807, 2.05) is 12.1 Å². The van der Waals surface area contributed by atoms with Crippen LogP contribution in [0.15, 0.2) is 39.5 Å². The van der Waals surface area contributed by atoms with Gasteiger partial charge in [-0.3, -0.25) is 4.79 Å². The average Bonchev–Trinajstić information content (AvgIpc) is 2.53. The topological polar surface area (TPSA) is 59.3 Å². The molecule has 1 aromatic carbocycles. The Bertz CT molecular complexity index is 698. The summed E-state index contributed by atoms with van der Waals surface area (Å²) in [6.45, 7) is 0.644. The van der Waals surface area contributed by atoms with E-state index in [0.29, 0.717) is 18.0 Å². The lowest BCUT2D eigenvalue weighted by Gasteiger charge is -2.21. The van der Waals surface area contributed by atoms with Crippen molar-refractivity contribution in [3.63, 3.8) is 0 Å². The minimum atomic E-state index is -0.574. The Labute approximate surface area is 123 Å². The molecule has 4 heteroatoms. The van der Waals surface area contributed by atoms with Crippen molar-refractivity contribution in [3.8, 4) is 0 Å². The number of hydrogen-bond donors (Lipinski definition) is 1. The molecule has 1 fully saturated rings. The van der Waals surface area contributed by atoms with Gasteiger partial charge in [0, 0.05) is 11.9 Å². The van der Waals surface area contributed by atoms with Crippen LogP contribution in [-0.4, -0.2) is 12.5 Å². The summed E-state index contributed by atoms with van der Waals surface area (Å²) in [6, 6.07) is 8.81. The number of amides is 1. The van der Waals surface area contributed by atoms with Crippen molar-refractivity contribution < 1.29 is 9.21 Å². The average molecular weight is 285 g/mol. The summed E-state index contributed by atoms with van der Waals surface area (Å²) in [5, 5.41) is 3.64. The van der Waals surface area contributed by atoms with Gasteiger partial charge in [-0.1, -0.05) is 37.5 Å². The third-order valence-corrected chi connectivity index (χ3v) is 4.16. The van der Waals surface area contributed by atoms with E-state index in [1.165, 1.54) is 19.3 Å². The number of para-hydroxylation sites is 1. The molecule has 1 aromatic heterocycles. The molecule has 1 N–H and O–H groups in total. The predicted molar refractivity (Wildman–Crippen MR) is 81.4 cm³/mol. The Balaban J connectivity index is 1.74. The number of nitrogens with one attached hydrogen (secondary N) is 1. The zero-order valence-electron chi connectivity index (χ0n) is 11.9. The van der Waals surface area contributed by atoms with Gasteiger partial charge in [0.15, 0.2) is 0 Å². The Morgan fingerprint density at radius 2 is 1.95 bits per heavy atom. The number of fused-ring (bicyclic) bond motifs is 1. The lowest BCUT2D eigenvalue weighted by Crippen LogP contribution is -2.33. The van der Waals surface area contributed by atoms with Crippen LogP contribution in [0.4, 0.5) is 0 Å². The van der Waals surface area contributed by atoms with E-state index >= 15 is 0 Å². The Hall–Kier alpha value is -2.10. The first-order valence-corrected chi connectivity index (χ1v) is 7.55. The molecule has 21 heavy (non-hydrogen) atoms.